The molecule has 10 nitrogen and oxygen atoms in total. The minimum atomic E-state index is -0.895. The van der Waals surface area contributed by atoms with Gasteiger partial charge in [-0.2, -0.15) is 0 Å². The van der Waals surface area contributed by atoms with Crippen LogP contribution in [0.1, 0.15) is 18.4 Å². The second kappa shape index (κ2) is 9.67. The number of guanidine groups is 1. The van der Waals surface area contributed by atoms with Crippen LogP contribution in [-0.2, 0) is 11.3 Å². The van der Waals surface area contributed by atoms with Gasteiger partial charge in [-0.15, -0.1) is 0 Å². The van der Waals surface area contributed by atoms with Gasteiger partial charge in [0.15, 0.2) is 11.8 Å². The summed E-state index contributed by atoms with van der Waals surface area (Å²) < 4.78 is 20.0. The molecule has 4 N–H and O–H groups in total. The smallest absolute Gasteiger partial charge is 0.414 e. The number of alkyl carbamates (subject to hydrolysis) is 1. The van der Waals surface area contributed by atoms with E-state index in [1.54, 1.807) is 18.2 Å². The van der Waals surface area contributed by atoms with Gasteiger partial charge in [-0.3, -0.25) is 10.7 Å². The first-order chi connectivity index (χ1) is 15.5. The summed E-state index contributed by atoms with van der Waals surface area (Å²) in [6, 6.07) is 5.02. The Balaban J connectivity index is 1.34. The number of nitrogens with two attached hydrogens (primary N) is 1. The van der Waals surface area contributed by atoms with Crippen LogP contribution in [0, 0.1) is 11.2 Å². The van der Waals surface area contributed by atoms with E-state index in [0.29, 0.717) is 31.9 Å². The Bertz CT molecular complexity index is 957. The lowest BCUT2D eigenvalue weighted by Gasteiger charge is -2.37. The molecule has 0 aliphatic carbocycles. The van der Waals surface area contributed by atoms with Gasteiger partial charge in [-0.1, -0.05) is 12.1 Å². The first-order valence-electron chi connectivity index (χ1n) is 10.6. The average Bonchev–Trinajstić information content (AvgIpc) is 3.33. The van der Waals surface area contributed by atoms with Gasteiger partial charge in [0.1, 0.15) is 6.61 Å². The van der Waals surface area contributed by atoms with Gasteiger partial charge in [0, 0.05) is 44.8 Å². The van der Waals surface area contributed by atoms with E-state index in [9.17, 15) is 4.79 Å². The molecule has 11 heteroatoms. The van der Waals surface area contributed by atoms with Gasteiger partial charge in [-0.05, 0) is 18.9 Å². The molecule has 2 saturated heterocycles. The molecular weight excluding hydrogens is 415 g/mol. The van der Waals surface area contributed by atoms with Crippen molar-refractivity contribution in [2.24, 2.45) is 5.73 Å². The number of nitrogens with one attached hydrogen (secondary N) is 2. The van der Waals surface area contributed by atoms with Crippen molar-refractivity contribution in [3.8, 4) is 0 Å². The van der Waals surface area contributed by atoms with Crippen LogP contribution in [0.15, 0.2) is 30.6 Å². The Morgan fingerprint density at radius 2 is 1.72 bits per heavy atom. The van der Waals surface area contributed by atoms with Gasteiger partial charge in [0.25, 0.3) is 0 Å². The zero-order valence-electron chi connectivity index (χ0n) is 17.8. The Morgan fingerprint density at radius 1 is 1.06 bits per heavy atom. The van der Waals surface area contributed by atoms with Crippen molar-refractivity contribution >= 4 is 29.4 Å². The van der Waals surface area contributed by atoms with Gasteiger partial charge in [0.05, 0.1) is 23.8 Å². The summed E-state index contributed by atoms with van der Waals surface area (Å²) in [5.41, 5.74) is 6.77. The van der Waals surface area contributed by atoms with Crippen LogP contribution >= 0.6 is 0 Å². The van der Waals surface area contributed by atoms with Crippen molar-refractivity contribution in [3.05, 3.63) is 42.0 Å². The predicted molar refractivity (Wildman–Crippen MR) is 120 cm³/mol. The fraction of sp³-hybridized carbons (Fsp3) is 0.429. The highest BCUT2D eigenvalue weighted by molar-refractivity contribution is 5.90. The molecular formula is C21H27FN8O2. The quantitative estimate of drug-likeness (QED) is 0.472. The number of nitrogens with zero attached hydrogens (tertiary/aromatic N) is 5. The van der Waals surface area contributed by atoms with Crippen LogP contribution in [0.4, 0.5) is 26.5 Å². The van der Waals surface area contributed by atoms with Crippen molar-refractivity contribution in [2.75, 3.05) is 54.0 Å². The van der Waals surface area contributed by atoms with Crippen LogP contribution in [0.2, 0.25) is 0 Å². The van der Waals surface area contributed by atoms with E-state index in [2.05, 4.69) is 19.8 Å². The maximum atomic E-state index is 15.0. The van der Waals surface area contributed by atoms with E-state index < -0.39 is 17.9 Å². The first kappa shape index (κ1) is 21.6. The molecule has 0 spiro atoms. The summed E-state index contributed by atoms with van der Waals surface area (Å²) in [6.07, 6.45) is 5.20. The summed E-state index contributed by atoms with van der Waals surface area (Å²) in [5, 5.41) is 9.02. The molecule has 2 aromatic rings. The standard InChI is InChI=1S/C21H27FN8O2/c22-18-15(14-32-21(31)27-19(23)24)4-3-5-17(18)29-10-8-28(9-11-29)16-12-25-20(26-13-16)30-6-1-2-7-30/h3-5,12-13H,1-2,6-11,14H2,(H4,23,24,27,31). The highest BCUT2D eigenvalue weighted by Gasteiger charge is 2.22. The highest BCUT2D eigenvalue weighted by atomic mass is 19.1. The van der Waals surface area contributed by atoms with Crippen LogP contribution in [0.3, 0.4) is 0 Å². The predicted octanol–water partition coefficient (Wildman–Crippen LogP) is 1.66. The molecule has 0 radical (unpaired) electrons. The van der Waals surface area contributed by atoms with Gasteiger partial charge < -0.3 is 25.2 Å². The minimum Gasteiger partial charge on any atom is -0.444 e. The number of anilines is 3. The number of benzene rings is 1. The number of amides is 1. The number of ether oxygens (including phenoxy) is 1. The number of carbonyl (C=O) groups excluding carboxylic acids is 1. The number of halogens is 1. The third-order valence-electron chi connectivity index (χ3n) is 5.65. The number of hydrogen-bond donors (Lipinski definition) is 3. The van der Waals surface area contributed by atoms with Crippen molar-refractivity contribution in [2.45, 2.75) is 19.4 Å². The fourth-order valence-corrected chi connectivity index (χ4v) is 3.97. The van der Waals surface area contributed by atoms with Gasteiger partial charge >= 0.3 is 6.09 Å². The van der Waals surface area contributed by atoms with Crippen LogP contribution in [0.5, 0.6) is 0 Å². The van der Waals surface area contributed by atoms with E-state index in [1.165, 1.54) is 12.8 Å². The third kappa shape index (κ3) is 4.98. The number of aromatic nitrogens is 2. The molecule has 3 heterocycles. The van der Waals surface area contributed by atoms with Crippen molar-refractivity contribution < 1.29 is 13.9 Å². The molecule has 0 atom stereocenters. The molecule has 1 aromatic carbocycles. The molecule has 170 valence electrons. The molecule has 2 aliphatic heterocycles. The van der Waals surface area contributed by atoms with Crippen molar-refractivity contribution in [1.82, 2.24) is 15.3 Å². The lowest BCUT2D eigenvalue weighted by atomic mass is 10.1. The van der Waals surface area contributed by atoms with E-state index in [4.69, 9.17) is 15.9 Å². The number of hydrogen-bond acceptors (Lipinski definition) is 8. The SMILES string of the molecule is N=C(N)NC(=O)OCc1cccc(N2CCN(c3cnc(N4CCCC4)nc3)CC2)c1F. The maximum absolute atomic E-state index is 15.0. The summed E-state index contributed by atoms with van der Waals surface area (Å²) in [5.74, 6) is -0.170. The molecule has 0 saturated carbocycles. The molecule has 1 aromatic heterocycles. The van der Waals surface area contributed by atoms with E-state index in [0.717, 1.165) is 24.7 Å². The average molecular weight is 442 g/mol. The molecule has 0 bridgehead atoms. The topological polar surface area (TPSA) is 124 Å². The monoisotopic (exact) mass is 442 g/mol. The van der Waals surface area contributed by atoms with E-state index in [1.807, 2.05) is 22.6 Å². The largest absolute Gasteiger partial charge is 0.444 e. The van der Waals surface area contributed by atoms with E-state index >= 15 is 4.39 Å². The zero-order chi connectivity index (χ0) is 22.5. The molecule has 32 heavy (non-hydrogen) atoms. The number of carbonyl (C=O) groups is 1. The first-order valence-corrected chi connectivity index (χ1v) is 10.6. The Labute approximate surface area is 185 Å². The molecule has 0 unspecified atom stereocenters. The summed E-state index contributed by atoms with van der Waals surface area (Å²) in [6.45, 7) is 4.48. The van der Waals surface area contributed by atoms with Gasteiger partial charge in [0.2, 0.25) is 5.95 Å². The van der Waals surface area contributed by atoms with Crippen molar-refractivity contribution in [1.29, 1.82) is 5.41 Å². The Kier molecular flexibility index (Phi) is 6.52. The Hall–Kier alpha value is -3.63. The normalized spacial score (nSPS) is 16.2. The van der Waals surface area contributed by atoms with Crippen molar-refractivity contribution in [3.63, 3.8) is 0 Å². The van der Waals surface area contributed by atoms with Crippen LogP contribution in [0.25, 0.3) is 0 Å². The molecule has 1 amide bonds. The Morgan fingerprint density at radius 3 is 2.38 bits per heavy atom. The minimum absolute atomic E-state index is 0.251. The summed E-state index contributed by atoms with van der Waals surface area (Å²) in [4.78, 5) is 26.9. The zero-order valence-corrected chi connectivity index (χ0v) is 17.8. The molecule has 4 rings (SSSR count). The number of piperazine rings is 1. The molecule has 2 fully saturated rings. The fourth-order valence-electron chi connectivity index (χ4n) is 3.97. The van der Waals surface area contributed by atoms with Gasteiger partial charge in [-0.25, -0.2) is 19.2 Å². The van der Waals surface area contributed by atoms with Crippen LogP contribution in [-0.4, -0.2) is 61.3 Å². The second-order valence-corrected chi connectivity index (χ2v) is 7.77. The van der Waals surface area contributed by atoms with E-state index in [-0.39, 0.29) is 12.2 Å². The summed E-state index contributed by atoms with van der Waals surface area (Å²) >= 11 is 0. The van der Waals surface area contributed by atoms with Crippen LogP contribution < -0.4 is 25.8 Å². The maximum Gasteiger partial charge on any atom is 0.414 e. The third-order valence-corrected chi connectivity index (χ3v) is 5.65. The highest BCUT2D eigenvalue weighted by Crippen LogP contribution is 2.26. The molecule has 2 aliphatic rings. The number of rotatable bonds is 5. The summed E-state index contributed by atoms with van der Waals surface area (Å²) in [7, 11) is 0. The lowest BCUT2D eigenvalue weighted by molar-refractivity contribution is 0.143. The second-order valence-electron chi connectivity index (χ2n) is 7.77. The lowest BCUT2D eigenvalue weighted by Crippen LogP contribution is -2.47.